The van der Waals surface area contributed by atoms with Gasteiger partial charge in [-0.2, -0.15) is 0 Å². The SMILES string of the molecule is Nc1c(Cl)cc(C23CC4CC(CC(C4)C2)C3)cc1[N+](=O)[O-]. The van der Waals surface area contributed by atoms with E-state index in [1.807, 2.05) is 6.07 Å². The molecule has 0 heterocycles. The van der Waals surface area contributed by atoms with Gasteiger partial charge in [-0.1, -0.05) is 11.6 Å². The lowest BCUT2D eigenvalue weighted by atomic mass is 9.48. The summed E-state index contributed by atoms with van der Waals surface area (Å²) in [4.78, 5) is 10.8. The Morgan fingerprint density at radius 1 is 1.14 bits per heavy atom. The van der Waals surface area contributed by atoms with Gasteiger partial charge in [-0.05, 0) is 73.3 Å². The van der Waals surface area contributed by atoms with Gasteiger partial charge >= 0.3 is 0 Å². The summed E-state index contributed by atoms with van der Waals surface area (Å²) < 4.78 is 0. The summed E-state index contributed by atoms with van der Waals surface area (Å²) in [7, 11) is 0. The fourth-order valence-corrected chi connectivity index (χ4v) is 5.74. The molecule has 0 atom stereocenters. The quantitative estimate of drug-likeness (QED) is 0.503. The Morgan fingerprint density at radius 2 is 1.67 bits per heavy atom. The van der Waals surface area contributed by atoms with E-state index < -0.39 is 4.92 Å². The van der Waals surface area contributed by atoms with Crippen molar-refractivity contribution >= 4 is 23.0 Å². The van der Waals surface area contributed by atoms with Gasteiger partial charge in [0.25, 0.3) is 5.69 Å². The predicted molar refractivity (Wildman–Crippen MR) is 82.4 cm³/mol. The highest BCUT2D eigenvalue weighted by molar-refractivity contribution is 6.33. The van der Waals surface area contributed by atoms with E-state index in [0.717, 1.165) is 42.6 Å². The van der Waals surface area contributed by atoms with Gasteiger partial charge in [0, 0.05) is 6.07 Å². The molecular weight excluding hydrogens is 288 g/mol. The molecular formula is C16H19ClN2O2. The molecule has 4 aliphatic carbocycles. The van der Waals surface area contributed by atoms with Crippen LogP contribution in [0.4, 0.5) is 11.4 Å². The average molecular weight is 307 g/mol. The van der Waals surface area contributed by atoms with Crippen molar-refractivity contribution in [2.75, 3.05) is 5.73 Å². The zero-order valence-electron chi connectivity index (χ0n) is 11.8. The van der Waals surface area contributed by atoms with Gasteiger partial charge in [0.05, 0.1) is 9.95 Å². The zero-order valence-corrected chi connectivity index (χ0v) is 12.6. The first-order chi connectivity index (χ1) is 9.97. The molecule has 4 nitrogen and oxygen atoms in total. The minimum atomic E-state index is -0.411. The zero-order chi connectivity index (χ0) is 14.8. The van der Waals surface area contributed by atoms with Crippen molar-refractivity contribution in [2.24, 2.45) is 17.8 Å². The molecule has 0 unspecified atom stereocenters. The van der Waals surface area contributed by atoms with Crippen molar-refractivity contribution in [1.82, 2.24) is 0 Å². The number of hydrogen-bond acceptors (Lipinski definition) is 3. The number of nitro groups is 1. The maximum Gasteiger partial charge on any atom is 0.293 e. The van der Waals surface area contributed by atoms with Crippen LogP contribution in [0.1, 0.15) is 44.1 Å². The van der Waals surface area contributed by atoms with Crippen LogP contribution in [0.3, 0.4) is 0 Å². The summed E-state index contributed by atoms with van der Waals surface area (Å²) in [5, 5.41) is 11.5. The Kier molecular flexibility index (Phi) is 2.77. The van der Waals surface area contributed by atoms with E-state index in [1.165, 1.54) is 19.3 Å². The summed E-state index contributed by atoms with van der Waals surface area (Å²) >= 11 is 6.17. The maximum atomic E-state index is 11.2. The summed E-state index contributed by atoms with van der Waals surface area (Å²) in [6.45, 7) is 0. The van der Waals surface area contributed by atoms with Gasteiger partial charge in [-0.15, -0.1) is 0 Å². The summed E-state index contributed by atoms with van der Waals surface area (Å²) in [5.41, 5.74) is 6.99. The Labute approximate surface area is 128 Å². The molecule has 4 fully saturated rings. The first-order valence-electron chi connectivity index (χ1n) is 7.71. The highest BCUT2D eigenvalue weighted by atomic mass is 35.5. The van der Waals surface area contributed by atoms with Crippen LogP contribution in [0, 0.1) is 27.9 Å². The fourth-order valence-electron chi connectivity index (χ4n) is 5.52. The van der Waals surface area contributed by atoms with Crippen molar-refractivity contribution in [2.45, 2.75) is 43.9 Å². The first kappa shape index (κ1) is 13.4. The smallest absolute Gasteiger partial charge is 0.293 e. The second-order valence-electron chi connectivity index (χ2n) is 7.35. The van der Waals surface area contributed by atoms with Crippen LogP contribution in [-0.2, 0) is 5.41 Å². The Morgan fingerprint density at radius 3 is 2.14 bits per heavy atom. The monoisotopic (exact) mass is 306 g/mol. The largest absolute Gasteiger partial charge is 0.392 e. The van der Waals surface area contributed by atoms with Crippen LogP contribution in [0.15, 0.2) is 12.1 Å². The number of anilines is 1. The number of nitrogens with two attached hydrogens (primary N) is 1. The van der Waals surface area contributed by atoms with Crippen molar-refractivity contribution in [3.05, 3.63) is 32.8 Å². The highest BCUT2D eigenvalue weighted by Gasteiger charge is 2.52. The molecule has 0 amide bonds. The molecule has 0 saturated heterocycles. The van der Waals surface area contributed by atoms with E-state index in [1.54, 1.807) is 6.07 Å². The number of halogens is 1. The lowest BCUT2D eigenvalue weighted by Crippen LogP contribution is -2.48. The van der Waals surface area contributed by atoms with Crippen LogP contribution < -0.4 is 5.73 Å². The lowest BCUT2D eigenvalue weighted by molar-refractivity contribution is -0.384. The minimum absolute atomic E-state index is 0.0340. The lowest BCUT2D eigenvalue weighted by Gasteiger charge is -2.57. The van der Waals surface area contributed by atoms with Crippen molar-refractivity contribution in [3.8, 4) is 0 Å². The van der Waals surface area contributed by atoms with Gasteiger partial charge in [-0.3, -0.25) is 10.1 Å². The van der Waals surface area contributed by atoms with Gasteiger partial charge < -0.3 is 5.73 Å². The van der Waals surface area contributed by atoms with E-state index in [0.29, 0.717) is 5.02 Å². The Bertz CT molecular complexity index is 594. The van der Waals surface area contributed by atoms with Gasteiger partial charge in [0.1, 0.15) is 5.69 Å². The molecule has 5 heteroatoms. The van der Waals surface area contributed by atoms with Gasteiger partial charge in [0.2, 0.25) is 0 Å². The van der Waals surface area contributed by atoms with Gasteiger partial charge in [0.15, 0.2) is 0 Å². The molecule has 4 aliphatic rings. The van der Waals surface area contributed by atoms with E-state index in [4.69, 9.17) is 17.3 Å². The Hall–Kier alpha value is -1.29. The van der Waals surface area contributed by atoms with E-state index in [9.17, 15) is 10.1 Å². The number of nitrogens with zero attached hydrogens (tertiary/aromatic N) is 1. The number of benzene rings is 1. The molecule has 0 spiro atoms. The van der Waals surface area contributed by atoms with Crippen molar-refractivity contribution in [1.29, 1.82) is 0 Å². The third-order valence-corrected chi connectivity index (χ3v) is 6.27. The number of nitrogen functional groups attached to an aromatic ring is 1. The molecule has 0 aromatic heterocycles. The Balaban J connectivity index is 1.81. The van der Waals surface area contributed by atoms with Crippen LogP contribution in [0.2, 0.25) is 5.02 Å². The molecule has 21 heavy (non-hydrogen) atoms. The van der Waals surface area contributed by atoms with E-state index >= 15 is 0 Å². The molecule has 0 radical (unpaired) electrons. The minimum Gasteiger partial charge on any atom is -0.392 e. The fraction of sp³-hybridized carbons (Fsp3) is 0.625. The van der Waals surface area contributed by atoms with Crippen LogP contribution >= 0.6 is 11.6 Å². The van der Waals surface area contributed by atoms with Crippen LogP contribution in [0.5, 0.6) is 0 Å². The number of nitro benzene ring substituents is 1. The van der Waals surface area contributed by atoms with Crippen LogP contribution in [-0.4, -0.2) is 4.92 Å². The molecule has 2 N–H and O–H groups in total. The number of hydrogen-bond donors (Lipinski definition) is 1. The summed E-state index contributed by atoms with van der Waals surface area (Å²) in [5.74, 6) is 2.39. The second kappa shape index (κ2) is 4.35. The van der Waals surface area contributed by atoms with Crippen LogP contribution in [0.25, 0.3) is 0 Å². The third-order valence-electron chi connectivity index (χ3n) is 5.96. The number of rotatable bonds is 2. The summed E-state index contributed by atoms with van der Waals surface area (Å²) in [6.07, 6.45) is 7.54. The molecule has 1 aromatic carbocycles. The van der Waals surface area contributed by atoms with Gasteiger partial charge in [-0.25, -0.2) is 0 Å². The topological polar surface area (TPSA) is 69.2 Å². The third kappa shape index (κ3) is 1.95. The van der Waals surface area contributed by atoms with Crippen molar-refractivity contribution in [3.63, 3.8) is 0 Å². The molecule has 0 aliphatic heterocycles. The molecule has 5 rings (SSSR count). The molecule has 112 valence electrons. The summed E-state index contributed by atoms with van der Waals surface area (Å²) in [6, 6.07) is 3.57. The molecule has 4 bridgehead atoms. The standard InChI is InChI=1S/C16H19ClN2O2/c17-13-4-12(5-14(15(13)18)19(20)21)16-6-9-1-10(7-16)3-11(2-9)8-16/h4-5,9-11H,1-3,6-8,18H2. The molecule has 1 aromatic rings. The van der Waals surface area contributed by atoms with E-state index in [-0.39, 0.29) is 16.8 Å². The predicted octanol–water partition coefficient (Wildman–Crippen LogP) is 4.30. The normalized spacial score (nSPS) is 36.9. The first-order valence-corrected chi connectivity index (χ1v) is 8.08. The average Bonchev–Trinajstić information content (AvgIpc) is 2.39. The maximum absolute atomic E-state index is 11.2. The van der Waals surface area contributed by atoms with E-state index in [2.05, 4.69) is 0 Å². The highest BCUT2D eigenvalue weighted by Crippen LogP contribution is 2.61. The second-order valence-corrected chi connectivity index (χ2v) is 7.75. The molecule has 4 saturated carbocycles. The van der Waals surface area contributed by atoms with Crippen molar-refractivity contribution < 1.29 is 4.92 Å².